The van der Waals surface area contributed by atoms with Gasteiger partial charge in [0, 0.05) is 19.4 Å². The van der Waals surface area contributed by atoms with Gasteiger partial charge in [0.05, 0.1) is 18.8 Å². The molecular weight excluding hydrogens is 374 g/mol. The fraction of sp³-hybridized carbons (Fsp3) is 0.885. The Kier molecular flexibility index (Phi) is 5.65. The lowest BCUT2D eigenvalue weighted by Gasteiger charge is -2.52. The van der Waals surface area contributed by atoms with Gasteiger partial charge in [0.1, 0.15) is 5.78 Å². The molecular formula is C26H41NO3. The van der Waals surface area contributed by atoms with Crippen LogP contribution in [0.5, 0.6) is 0 Å². The number of ketones is 1. The molecule has 2 heterocycles. The summed E-state index contributed by atoms with van der Waals surface area (Å²) >= 11 is 0. The molecule has 30 heavy (non-hydrogen) atoms. The minimum atomic E-state index is 0.154. The molecule has 0 radical (unpaired) electrons. The van der Waals surface area contributed by atoms with Crippen molar-refractivity contribution in [3.05, 3.63) is 11.1 Å². The van der Waals surface area contributed by atoms with Gasteiger partial charge in [-0.15, -0.1) is 0 Å². The van der Waals surface area contributed by atoms with E-state index in [1.54, 1.807) is 10.6 Å². The monoisotopic (exact) mass is 415 g/mol. The largest absolute Gasteiger partial charge is 0.372 e. The smallest absolute Gasteiger partial charge is 0.133 e. The normalized spacial score (nSPS) is 50.3. The third kappa shape index (κ3) is 3.51. The van der Waals surface area contributed by atoms with Gasteiger partial charge in [0.2, 0.25) is 0 Å². The maximum atomic E-state index is 12.1. The number of allylic oxidation sites excluding steroid dienone is 1. The Morgan fingerprint density at radius 2 is 2.00 bits per heavy atom. The van der Waals surface area contributed by atoms with Gasteiger partial charge in [-0.3, -0.25) is 4.79 Å². The fourth-order valence-electron chi connectivity index (χ4n) is 8.28. The fourth-order valence-corrected chi connectivity index (χ4v) is 8.28. The molecule has 1 saturated heterocycles. The SMILES string of the molecule is C/C1=C2\C[C@H]3[C@@H](CC[C@@H]4CC(=O)CC[C@@]43C)[C@@H]2CCC[C@H]2[C@@H](C[C@H](C)CN2O)OC1. The zero-order valence-corrected chi connectivity index (χ0v) is 19.2. The quantitative estimate of drug-likeness (QED) is 0.539. The highest BCUT2D eigenvalue weighted by atomic mass is 16.5. The molecule has 0 bridgehead atoms. The van der Waals surface area contributed by atoms with Crippen LogP contribution in [0, 0.1) is 35.0 Å². The molecule has 0 aromatic rings. The molecule has 5 aliphatic rings. The van der Waals surface area contributed by atoms with E-state index in [4.69, 9.17) is 4.74 Å². The van der Waals surface area contributed by atoms with Crippen molar-refractivity contribution in [1.82, 2.24) is 5.06 Å². The first kappa shape index (κ1) is 21.2. The molecule has 0 aromatic carbocycles. The zero-order chi connectivity index (χ0) is 21.0. The summed E-state index contributed by atoms with van der Waals surface area (Å²) in [5.41, 5.74) is 3.51. The molecule has 3 saturated carbocycles. The molecule has 5 rings (SSSR count). The van der Waals surface area contributed by atoms with Crippen molar-refractivity contribution >= 4 is 5.78 Å². The van der Waals surface area contributed by atoms with Crippen LogP contribution in [0.1, 0.15) is 85.0 Å². The maximum Gasteiger partial charge on any atom is 0.133 e. The molecule has 0 aromatic heterocycles. The van der Waals surface area contributed by atoms with E-state index in [1.165, 1.54) is 37.7 Å². The third-order valence-corrected chi connectivity index (χ3v) is 9.99. The molecule has 4 fully saturated rings. The average Bonchev–Trinajstić information content (AvgIpc) is 3.08. The Morgan fingerprint density at radius 1 is 1.17 bits per heavy atom. The van der Waals surface area contributed by atoms with E-state index in [1.807, 2.05) is 0 Å². The number of hydroxylamine groups is 2. The second-order valence-corrected chi connectivity index (χ2v) is 11.7. The maximum absolute atomic E-state index is 12.1. The summed E-state index contributed by atoms with van der Waals surface area (Å²) in [4.78, 5) is 12.1. The number of rotatable bonds is 0. The van der Waals surface area contributed by atoms with Crippen LogP contribution in [0.25, 0.3) is 0 Å². The van der Waals surface area contributed by atoms with Crippen molar-refractivity contribution in [2.45, 2.75) is 97.1 Å². The number of carbonyl (C=O) groups is 1. The zero-order valence-electron chi connectivity index (χ0n) is 19.2. The van der Waals surface area contributed by atoms with Gasteiger partial charge in [-0.2, -0.15) is 5.06 Å². The van der Waals surface area contributed by atoms with E-state index in [0.29, 0.717) is 29.0 Å². The number of carbonyl (C=O) groups excluding carboxylic acids is 1. The van der Waals surface area contributed by atoms with E-state index >= 15 is 0 Å². The lowest BCUT2D eigenvalue weighted by atomic mass is 9.52. The number of hydrogen-bond donors (Lipinski definition) is 1. The van der Waals surface area contributed by atoms with E-state index in [2.05, 4.69) is 20.8 Å². The molecule has 1 N–H and O–H groups in total. The number of nitrogens with zero attached hydrogens (tertiary/aromatic N) is 1. The third-order valence-electron chi connectivity index (χ3n) is 9.99. The van der Waals surface area contributed by atoms with Gasteiger partial charge in [0.15, 0.2) is 0 Å². The van der Waals surface area contributed by atoms with Crippen molar-refractivity contribution < 1.29 is 14.7 Å². The number of Topliss-reactive ketones (excluding diaryl/α,β-unsaturated/α-hetero) is 1. The van der Waals surface area contributed by atoms with Crippen LogP contribution in [-0.4, -0.2) is 41.4 Å². The molecule has 0 unspecified atom stereocenters. The summed E-state index contributed by atoms with van der Waals surface area (Å²) in [6.07, 6.45) is 11.2. The highest BCUT2D eigenvalue weighted by molar-refractivity contribution is 5.79. The second-order valence-electron chi connectivity index (χ2n) is 11.7. The Labute approximate surface area is 182 Å². The minimum absolute atomic E-state index is 0.154. The highest BCUT2D eigenvalue weighted by Crippen LogP contribution is 2.63. The van der Waals surface area contributed by atoms with Gasteiger partial charge in [-0.1, -0.05) is 25.8 Å². The highest BCUT2D eigenvalue weighted by Gasteiger charge is 2.55. The van der Waals surface area contributed by atoms with Crippen LogP contribution in [-0.2, 0) is 9.53 Å². The predicted molar refractivity (Wildman–Crippen MR) is 117 cm³/mol. The van der Waals surface area contributed by atoms with Gasteiger partial charge < -0.3 is 9.94 Å². The molecule has 3 aliphatic carbocycles. The Hall–Kier alpha value is -0.710. The number of piperidine rings is 1. The molecule has 0 spiro atoms. The van der Waals surface area contributed by atoms with Crippen LogP contribution in [0.3, 0.4) is 0 Å². The molecule has 8 atom stereocenters. The summed E-state index contributed by atoms with van der Waals surface area (Å²) in [7, 11) is 0. The average molecular weight is 416 g/mol. The van der Waals surface area contributed by atoms with Crippen LogP contribution < -0.4 is 0 Å². The van der Waals surface area contributed by atoms with Crippen LogP contribution >= 0.6 is 0 Å². The Bertz CT molecular complexity index is 717. The van der Waals surface area contributed by atoms with Crippen molar-refractivity contribution in [2.75, 3.05) is 13.2 Å². The van der Waals surface area contributed by atoms with E-state index in [-0.39, 0.29) is 12.1 Å². The summed E-state index contributed by atoms with van der Waals surface area (Å²) in [6, 6.07) is 0.158. The summed E-state index contributed by atoms with van der Waals surface area (Å²) in [6.45, 7) is 8.55. The van der Waals surface area contributed by atoms with Gasteiger partial charge in [0.25, 0.3) is 0 Å². The lowest BCUT2D eigenvalue weighted by molar-refractivity contribution is -0.197. The van der Waals surface area contributed by atoms with Gasteiger partial charge in [-0.25, -0.2) is 0 Å². The molecule has 2 aliphatic heterocycles. The number of ether oxygens (including phenoxy) is 1. The minimum Gasteiger partial charge on any atom is -0.372 e. The standard InChI is InChI=1S/C26H41NO3/c1-16-11-25-24(27(29)14-16)6-4-5-20-21-8-7-18-12-19(28)9-10-26(18,3)23(21)13-22(20)17(2)15-30-25/h16,18,20-21,23-25,29H,4-15H2,1-3H3/b22-17-/t16-,18+,20-,21-,23-,24-,25+,26-/m0/s1. The summed E-state index contributed by atoms with van der Waals surface area (Å²) < 4.78 is 6.48. The molecule has 4 heteroatoms. The summed E-state index contributed by atoms with van der Waals surface area (Å²) in [5, 5.41) is 12.2. The van der Waals surface area contributed by atoms with E-state index < -0.39 is 0 Å². The molecule has 0 amide bonds. The first-order chi connectivity index (χ1) is 14.4. The van der Waals surface area contributed by atoms with Gasteiger partial charge in [-0.05, 0) is 92.4 Å². The number of hydrogen-bond acceptors (Lipinski definition) is 4. The van der Waals surface area contributed by atoms with Crippen LogP contribution in [0.15, 0.2) is 11.1 Å². The van der Waals surface area contributed by atoms with Gasteiger partial charge >= 0.3 is 0 Å². The topological polar surface area (TPSA) is 49.8 Å². The van der Waals surface area contributed by atoms with Crippen molar-refractivity contribution in [1.29, 1.82) is 0 Å². The molecule has 168 valence electrons. The van der Waals surface area contributed by atoms with E-state index in [0.717, 1.165) is 57.1 Å². The predicted octanol–water partition coefficient (Wildman–Crippen LogP) is 5.39. The van der Waals surface area contributed by atoms with Crippen molar-refractivity contribution in [3.63, 3.8) is 0 Å². The van der Waals surface area contributed by atoms with Crippen LogP contribution in [0.2, 0.25) is 0 Å². The summed E-state index contributed by atoms with van der Waals surface area (Å²) in [5.74, 6) is 3.83. The lowest BCUT2D eigenvalue weighted by Crippen LogP contribution is -2.50. The van der Waals surface area contributed by atoms with Crippen molar-refractivity contribution in [3.8, 4) is 0 Å². The first-order valence-electron chi connectivity index (χ1n) is 12.6. The van der Waals surface area contributed by atoms with Crippen molar-refractivity contribution in [2.24, 2.45) is 35.0 Å². The first-order valence-corrected chi connectivity index (χ1v) is 12.6. The Balaban J connectivity index is 1.40. The van der Waals surface area contributed by atoms with E-state index in [9.17, 15) is 10.0 Å². The Morgan fingerprint density at radius 3 is 2.83 bits per heavy atom. The second kappa shape index (κ2) is 8.01. The molecule has 4 nitrogen and oxygen atoms in total. The van der Waals surface area contributed by atoms with Crippen LogP contribution in [0.4, 0.5) is 0 Å². The number of fused-ring (bicyclic) bond motifs is 6.